The number of benzene rings is 20. The Kier molecular flexibility index (Phi) is 17.5. The second-order valence-corrected chi connectivity index (χ2v) is 33.3. The number of hydrogen-bond donors (Lipinski definition) is 0. The van der Waals surface area contributed by atoms with E-state index in [0.29, 0.717) is 5.56 Å². The van der Waals surface area contributed by atoms with E-state index in [-0.39, 0.29) is 0 Å². The van der Waals surface area contributed by atoms with Gasteiger partial charge < -0.3 is 32.0 Å². The third kappa shape index (κ3) is 12.0. The molecule has 0 saturated carbocycles. The molecular weight excluding hydrogens is 1570 g/mol. The molecule has 27 aromatic rings. The highest BCUT2D eigenvalue weighted by Crippen LogP contribution is 2.46. The number of nitrogens with zero attached hydrogens (tertiary/aromatic N) is 8. The summed E-state index contributed by atoms with van der Waals surface area (Å²) in [6.45, 7) is 0. The van der Waals surface area contributed by atoms with Crippen LogP contribution in [-0.4, -0.2) is 32.0 Å². The SMILES string of the molecule is N#Cc1cccc(-n2c3ccccc3c3cc(-c4ccc(-n5c6ccccc6c6ccccc65)cc4)ccc32)c1.c1cc(-c2ccc(-n3c4ccccc4c4ccccc43)cc2-n2c3ccccc3c3ccccc32)cc(-n2c3ccccc3c3ccccc32)c1.c1ccc(-n2c3ccccc3c3ccccc32)c(-c2ccccc2-n2c3ccccc3c3ccccc32)c1. The number of para-hydroxylation sites is 15. The lowest BCUT2D eigenvalue weighted by molar-refractivity contribution is 1.13. The van der Waals surface area contributed by atoms with Crippen molar-refractivity contribution in [2.75, 3.05) is 0 Å². The Labute approximate surface area is 742 Å². The lowest BCUT2D eigenvalue weighted by Gasteiger charge is -2.18. The predicted octanol–water partition coefficient (Wildman–Crippen LogP) is 31.6. The molecule has 0 N–H and O–H groups in total. The summed E-state index contributed by atoms with van der Waals surface area (Å²) in [6, 6.07) is 172. The highest BCUT2D eigenvalue weighted by Gasteiger charge is 2.25. The van der Waals surface area contributed by atoms with Crippen LogP contribution < -0.4 is 0 Å². The molecular formula is C121H78N8. The molecule has 0 radical (unpaired) electrons. The van der Waals surface area contributed by atoms with Gasteiger partial charge in [0.15, 0.2) is 0 Å². The standard InChI is InChI=1S/C48H31N3.C37H23N3.C36H24N2/c1-7-22-42-36(16-1)37-17-2-8-23-43(37)49(42)33-15-13-14-32(30-33)35-29-28-34(50-44-24-9-3-18-38(44)39-19-4-10-25-45(39)50)31-48(35)51-46-26-11-5-20-40(46)41-21-6-12-27-47(41)51;38-24-25-8-7-9-29(22-25)40-36-15-6-3-12-32(36)33-23-27(18-21-37(33)40)26-16-19-28(20-17-26)39-34-13-4-1-10-30(34)31-11-2-5-14-35(31)39;1-7-19-31-25(13-1)26-14-2-8-20-32(26)37(31)35-23-11-5-17-29(35)30-18-6-12-24-36(30)38-33-21-9-3-15-27(33)28-16-4-10-22-34(28)38/h1-31H;1-23H;1-24H. The Hall–Kier alpha value is -17.5. The van der Waals surface area contributed by atoms with E-state index < -0.39 is 0 Å². The Morgan fingerprint density at radius 2 is 0.395 bits per heavy atom. The van der Waals surface area contributed by atoms with Crippen LogP contribution >= 0.6 is 0 Å². The first kappa shape index (κ1) is 74.1. The van der Waals surface area contributed by atoms with E-state index in [0.717, 1.165) is 39.5 Å². The highest BCUT2D eigenvalue weighted by molar-refractivity contribution is 6.16. The molecule has 0 aliphatic carbocycles. The van der Waals surface area contributed by atoms with Crippen molar-refractivity contribution in [1.29, 1.82) is 5.26 Å². The van der Waals surface area contributed by atoms with E-state index in [4.69, 9.17) is 0 Å². The molecule has 0 aliphatic rings. The third-order valence-corrected chi connectivity index (χ3v) is 26.3. The molecule has 0 amide bonds. The first-order chi connectivity index (χ1) is 64.0. The summed E-state index contributed by atoms with van der Waals surface area (Å²) in [4.78, 5) is 0. The molecule has 0 aliphatic heterocycles. The lowest BCUT2D eigenvalue weighted by Crippen LogP contribution is -2.02. The van der Waals surface area contributed by atoms with Crippen molar-refractivity contribution in [3.8, 4) is 79.3 Å². The fourth-order valence-corrected chi connectivity index (χ4v) is 20.8. The van der Waals surface area contributed by atoms with Crippen LogP contribution in [0.4, 0.5) is 0 Å². The van der Waals surface area contributed by atoms with Crippen molar-refractivity contribution < 1.29 is 0 Å². The van der Waals surface area contributed by atoms with E-state index in [9.17, 15) is 5.26 Å². The summed E-state index contributed by atoms with van der Waals surface area (Å²) in [5.41, 5.74) is 32.4. The highest BCUT2D eigenvalue weighted by atomic mass is 15.0. The Morgan fingerprint density at radius 3 is 0.744 bits per heavy atom. The maximum Gasteiger partial charge on any atom is 0.0992 e. The normalized spacial score (nSPS) is 11.7. The quantitative estimate of drug-likeness (QED) is 0.135. The van der Waals surface area contributed by atoms with Gasteiger partial charge >= 0.3 is 0 Å². The molecule has 20 aromatic carbocycles. The van der Waals surface area contributed by atoms with Gasteiger partial charge in [0.2, 0.25) is 0 Å². The molecule has 0 bridgehead atoms. The zero-order valence-electron chi connectivity index (χ0n) is 70.1. The van der Waals surface area contributed by atoms with E-state index in [1.807, 2.05) is 18.2 Å². The fourth-order valence-electron chi connectivity index (χ4n) is 20.8. The first-order valence-corrected chi connectivity index (χ1v) is 44.0. The zero-order chi connectivity index (χ0) is 85.2. The van der Waals surface area contributed by atoms with Crippen molar-refractivity contribution >= 4 is 153 Å². The smallest absolute Gasteiger partial charge is 0.0992 e. The molecule has 27 rings (SSSR count). The minimum Gasteiger partial charge on any atom is -0.309 e. The van der Waals surface area contributed by atoms with E-state index >= 15 is 0 Å². The maximum absolute atomic E-state index is 9.47. The van der Waals surface area contributed by atoms with Gasteiger partial charge in [0, 0.05) is 115 Å². The summed E-state index contributed by atoms with van der Waals surface area (Å²) in [5, 5.41) is 27.0. The van der Waals surface area contributed by atoms with Crippen molar-refractivity contribution in [2.45, 2.75) is 0 Å². The molecule has 7 heterocycles. The Bertz CT molecular complexity index is 8770. The topological polar surface area (TPSA) is 58.3 Å². The molecule has 0 fully saturated rings. The van der Waals surface area contributed by atoms with Crippen LogP contribution in [0, 0.1) is 11.3 Å². The van der Waals surface area contributed by atoms with Crippen molar-refractivity contribution in [1.82, 2.24) is 32.0 Å². The van der Waals surface area contributed by atoms with Gasteiger partial charge in [0.1, 0.15) is 0 Å². The van der Waals surface area contributed by atoms with Gasteiger partial charge in [0.05, 0.1) is 106 Å². The number of hydrogen-bond acceptors (Lipinski definition) is 1. The van der Waals surface area contributed by atoms with E-state index in [1.165, 1.54) is 186 Å². The van der Waals surface area contributed by atoms with Crippen molar-refractivity contribution in [2.24, 2.45) is 0 Å². The second kappa shape index (κ2) is 30.5. The van der Waals surface area contributed by atoms with Crippen molar-refractivity contribution in [3.05, 3.63) is 479 Å². The molecule has 0 saturated heterocycles. The van der Waals surface area contributed by atoms with Crippen LogP contribution in [0.2, 0.25) is 0 Å². The van der Waals surface area contributed by atoms with Gasteiger partial charge in [-0.1, -0.05) is 315 Å². The van der Waals surface area contributed by atoms with E-state index in [1.54, 1.807) is 0 Å². The molecule has 0 atom stereocenters. The van der Waals surface area contributed by atoms with Crippen LogP contribution in [0.15, 0.2) is 473 Å². The van der Waals surface area contributed by atoms with Crippen LogP contribution in [0.3, 0.4) is 0 Å². The minimum atomic E-state index is 0.656. The number of fused-ring (bicyclic) bond motifs is 21. The molecule has 8 nitrogen and oxygen atoms in total. The van der Waals surface area contributed by atoms with Crippen molar-refractivity contribution in [3.63, 3.8) is 0 Å². The first-order valence-electron chi connectivity index (χ1n) is 44.0. The van der Waals surface area contributed by atoms with E-state index in [2.05, 4.69) is 493 Å². The monoisotopic (exact) mass is 1640 g/mol. The maximum atomic E-state index is 9.47. The van der Waals surface area contributed by atoms with Gasteiger partial charge in [-0.2, -0.15) is 5.26 Å². The molecule has 8 heteroatoms. The summed E-state index contributed by atoms with van der Waals surface area (Å²) in [5.74, 6) is 0. The average Bonchev–Trinajstić information content (AvgIpc) is 1.48. The number of nitriles is 1. The van der Waals surface area contributed by atoms with Gasteiger partial charge in [-0.15, -0.1) is 0 Å². The Morgan fingerprint density at radius 1 is 0.140 bits per heavy atom. The molecule has 0 unspecified atom stereocenters. The minimum absolute atomic E-state index is 0.656. The van der Waals surface area contributed by atoms with Gasteiger partial charge in [-0.05, 0) is 174 Å². The molecule has 0 spiro atoms. The number of rotatable bonds is 10. The Balaban J connectivity index is 0.000000106. The molecule has 7 aromatic heterocycles. The summed E-state index contributed by atoms with van der Waals surface area (Å²) in [6.07, 6.45) is 0. The third-order valence-electron chi connectivity index (χ3n) is 26.3. The lowest BCUT2D eigenvalue weighted by atomic mass is 10.0. The van der Waals surface area contributed by atoms with Crippen LogP contribution in [0.5, 0.6) is 0 Å². The van der Waals surface area contributed by atoms with Gasteiger partial charge in [-0.3, -0.25) is 0 Å². The average molecular weight is 1640 g/mol. The second-order valence-electron chi connectivity index (χ2n) is 33.3. The van der Waals surface area contributed by atoms with Gasteiger partial charge in [-0.25, -0.2) is 0 Å². The van der Waals surface area contributed by atoms with Crippen LogP contribution in [0.25, 0.3) is 226 Å². The largest absolute Gasteiger partial charge is 0.309 e. The van der Waals surface area contributed by atoms with Gasteiger partial charge in [0.25, 0.3) is 0 Å². The van der Waals surface area contributed by atoms with Crippen LogP contribution in [-0.2, 0) is 0 Å². The summed E-state index contributed by atoms with van der Waals surface area (Å²) in [7, 11) is 0. The predicted molar refractivity (Wildman–Crippen MR) is 541 cm³/mol. The number of aromatic nitrogens is 7. The summed E-state index contributed by atoms with van der Waals surface area (Å²) < 4.78 is 16.7. The molecule has 602 valence electrons. The summed E-state index contributed by atoms with van der Waals surface area (Å²) >= 11 is 0. The fraction of sp³-hybridized carbons (Fsp3) is 0. The molecule has 129 heavy (non-hydrogen) atoms. The van der Waals surface area contributed by atoms with Crippen LogP contribution in [0.1, 0.15) is 5.56 Å². The zero-order valence-corrected chi connectivity index (χ0v) is 70.1.